The van der Waals surface area contributed by atoms with Crippen LogP contribution in [-0.2, 0) is 0 Å². The van der Waals surface area contributed by atoms with Crippen LogP contribution in [0.3, 0.4) is 0 Å². The molecule has 0 unspecified atom stereocenters. The Balaban J connectivity index is 2.10. The van der Waals surface area contributed by atoms with Crippen molar-refractivity contribution in [3.63, 3.8) is 0 Å². The Labute approximate surface area is 127 Å². The number of aromatic nitrogens is 1. The summed E-state index contributed by atoms with van der Waals surface area (Å²) < 4.78 is 18.5. The van der Waals surface area contributed by atoms with E-state index in [9.17, 15) is 14.0 Å². The highest BCUT2D eigenvalue weighted by atomic mass is 19.1. The van der Waals surface area contributed by atoms with Crippen molar-refractivity contribution in [3.8, 4) is 5.75 Å². The average Bonchev–Trinajstić information content (AvgIpc) is 2.97. The number of Topliss-reactive ketones (excluding diaryl/α,β-unsaturated/α-hetero) is 1. The van der Waals surface area contributed by atoms with Gasteiger partial charge in [0, 0.05) is 11.8 Å². The summed E-state index contributed by atoms with van der Waals surface area (Å²) in [7, 11) is 1.39. The molecule has 1 amide bonds. The van der Waals surface area contributed by atoms with Crippen molar-refractivity contribution >= 4 is 11.7 Å². The number of carbonyl (C=O) groups is 2. The predicted octanol–water partition coefficient (Wildman–Crippen LogP) is 2.86. The molecule has 0 aliphatic carbocycles. The molecule has 1 heterocycles. The van der Waals surface area contributed by atoms with Crippen molar-refractivity contribution in [2.24, 2.45) is 0 Å². The number of hydrogen-bond donors (Lipinski definition) is 2. The van der Waals surface area contributed by atoms with Gasteiger partial charge in [0.05, 0.1) is 13.2 Å². The maximum absolute atomic E-state index is 13.7. The third kappa shape index (κ3) is 3.33. The van der Waals surface area contributed by atoms with Crippen LogP contribution in [0.1, 0.15) is 46.3 Å². The van der Waals surface area contributed by atoms with Crippen LogP contribution in [-0.4, -0.2) is 23.8 Å². The molecule has 22 heavy (non-hydrogen) atoms. The molecule has 0 bridgehead atoms. The maximum Gasteiger partial charge on any atom is 0.268 e. The summed E-state index contributed by atoms with van der Waals surface area (Å²) in [6.07, 6.45) is 1.48. The fraction of sp³-hybridized carbons (Fsp3) is 0.250. The van der Waals surface area contributed by atoms with Gasteiger partial charge in [-0.1, -0.05) is 6.07 Å². The van der Waals surface area contributed by atoms with Crippen molar-refractivity contribution in [2.45, 2.75) is 19.9 Å². The predicted molar refractivity (Wildman–Crippen MR) is 79.6 cm³/mol. The second kappa shape index (κ2) is 6.43. The minimum Gasteiger partial charge on any atom is -0.494 e. The Morgan fingerprint density at radius 3 is 2.59 bits per heavy atom. The first-order valence-corrected chi connectivity index (χ1v) is 6.76. The van der Waals surface area contributed by atoms with Gasteiger partial charge in [0.1, 0.15) is 5.69 Å². The molecule has 2 aromatic rings. The van der Waals surface area contributed by atoms with E-state index in [1.54, 1.807) is 13.0 Å². The zero-order valence-corrected chi connectivity index (χ0v) is 12.6. The van der Waals surface area contributed by atoms with Crippen LogP contribution in [0.25, 0.3) is 0 Å². The lowest BCUT2D eigenvalue weighted by atomic mass is 10.1. The zero-order valence-electron chi connectivity index (χ0n) is 12.6. The molecule has 0 fully saturated rings. The monoisotopic (exact) mass is 304 g/mol. The van der Waals surface area contributed by atoms with E-state index >= 15 is 0 Å². The number of ether oxygens (including phenoxy) is 1. The summed E-state index contributed by atoms with van der Waals surface area (Å²) in [5.74, 6) is -0.825. The van der Waals surface area contributed by atoms with E-state index in [1.807, 2.05) is 0 Å². The molecule has 2 N–H and O–H groups in total. The number of methoxy groups -OCH3 is 1. The average molecular weight is 304 g/mol. The number of rotatable bonds is 5. The lowest BCUT2D eigenvalue weighted by Crippen LogP contribution is -2.27. The second-order valence-electron chi connectivity index (χ2n) is 4.95. The minimum atomic E-state index is -0.486. The van der Waals surface area contributed by atoms with Crippen molar-refractivity contribution in [3.05, 3.63) is 53.1 Å². The van der Waals surface area contributed by atoms with Gasteiger partial charge in [0.15, 0.2) is 17.3 Å². The van der Waals surface area contributed by atoms with Gasteiger partial charge in [-0.3, -0.25) is 9.59 Å². The van der Waals surface area contributed by atoms with E-state index in [0.29, 0.717) is 11.1 Å². The second-order valence-corrected chi connectivity index (χ2v) is 4.95. The number of nitrogens with one attached hydrogen (secondary N) is 2. The summed E-state index contributed by atoms with van der Waals surface area (Å²) in [4.78, 5) is 26.1. The van der Waals surface area contributed by atoms with Gasteiger partial charge in [-0.25, -0.2) is 4.39 Å². The molecular formula is C16H17FN2O3. The van der Waals surface area contributed by atoms with E-state index in [2.05, 4.69) is 10.3 Å². The molecule has 1 aromatic carbocycles. The zero-order chi connectivity index (χ0) is 16.3. The van der Waals surface area contributed by atoms with E-state index < -0.39 is 11.9 Å². The summed E-state index contributed by atoms with van der Waals surface area (Å²) in [5.41, 5.74) is 1.34. The first-order valence-electron chi connectivity index (χ1n) is 6.76. The molecule has 0 saturated carbocycles. The number of aromatic amines is 1. The Bertz CT molecular complexity index is 709. The number of halogens is 1. The molecular weight excluding hydrogens is 287 g/mol. The van der Waals surface area contributed by atoms with Crippen LogP contribution < -0.4 is 10.1 Å². The summed E-state index contributed by atoms with van der Waals surface area (Å²) in [6.45, 7) is 3.17. The van der Waals surface area contributed by atoms with E-state index in [0.717, 1.165) is 0 Å². The molecule has 0 radical (unpaired) electrons. The Morgan fingerprint density at radius 2 is 2.05 bits per heavy atom. The third-order valence-corrected chi connectivity index (χ3v) is 3.36. The Kier molecular flexibility index (Phi) is 4.60. The van der Waals surface area contributed by atoms with Crippen molar-refractivity contribution in [1.29, 1.82) is 0 Å². The smallest absolute Gasteiger partial charge is 0.268 e. The first kappa shape index (κ1) is 15.8. The first-order chi connectivity index (χ1) is 10.4. The van der Waals surface area contributed by atoms with Crippen LogP contribution in [0.5, 0.6) is 5.75 Å². The SMILES string of the molecule is COc1ccc([C@H](C)NC(=O)c2cc(C(C)=O)c[nH]2)cc1F. The highest BCUT2D eigenvalue weighted by Gasteiger charge is 2.15. The lowest BCUT2D eigenvalue weighted by Gasteiger charge is -2.14. The Morgan fingerprint density at radius 1 is 1.32 bits per heavy atom. The largest absolute Gasteiger partial charge is 0.494 e. The van der Waals surface area contributed by atoms with Crippen LogP contribution in [0.15, 0.2) is 30.5 Å². The van der Waals surface area contributed by atoms with Gasteiger partial charge >= 0.3 is 0 Å². The van der Waals surface area contributed by atoms with Crippen LogP contribution >= 0.6 is 0 Å². The molecule has 116 valence electrons. The number of H-pyrrole nitrogens is 1. The van der Waals surface area contributed by atoms with Crippen molar-refractivity contribution < 1.29 is 18.7 Å². The molecule has 0 spiro atoms. The number of carbonyl (C=O) groups excluding carboxylic acids is 2. The number of benzene rings is 1. The maximum atomic E-state index is 13.7. The van der Waals surface area contributed by atoms with Crippen LogP contribution in [0.4, 0.5) is 4.39 Å². The quantitative estimate of drug-likeness (QED) is 0.834. The van der Waals surface area contributed by atoms with Gasteiger partial charge in [-0.2, -0.15) is 0 Å². The van der Waals surface area contributed by atoms with E-state index in [1.165, 1.54) is 38.4 Å². The van der Waals surface area contributed by atoms with Crippen molar-refractivity contribution in [2.75, 3.05) is 7.11 Å². The normalized spacial score (nSPS) is 11.8. The summed E-state index contributed by atoms with van der Waals surface area (Å²) in [5, 5.41) is 2.74. The molecule has 6 heteroatoms. The molecule has 1 atom stereocenters. The molecule has 2 rings (SSSR count). The van der Waals surface area contributed by atoms with Crippen molar-refractivity contribution in [1.82, 2.24) is 10.3 Å². The third-order valence-electron chi connectivity index (χ3n) is 3.36. The molecule has 5 nitrogen and oxygen atoms in total. The molecule has 0 saturated heterocycles. The van der Waals surface area contributed by atoms with Gasteiger partial charge in [-0.05, 0) is 37.6 Å². The van der Waals surface area contributed by atoms with E-state index in [-0.39, 0.29) is 23.1 Å². The van der Waals surface area contributed by atoms with Crippen LogP contribution in [0, 0.1) is 5.82 Å². The fourth-order valence-corrected chi connectivity index (χ4v) is 2.04. The number of hydrogen-bond acceptors (Lipinski definition) is 3. The standard InChI is InChI=1S/C16H17FN2O3/c1-9(11-4-5-15(22-3)13(17)6-11)19-16(21)14-7-12(8-18-14)10(2)20/h4-9,18H,1-3H3,(H,19,21)/t9-/m0/s1. The van der Waals surface area contributed by atoms with Crippen LogP contribution in [0.2, 0.25) is 0 Å². The fourth-order valence-electron chi connectivity index (χ4n) is 2.04. The minimum absolute atomic E-state index is 0.124. The summed E-state index contributed by atoms with van der Waals surface area (Å²) in [6, 6.07) is 5.61. The Hall–Kier alpha value is -2.63. The van der Waals surface area contributed by atoms with Gasteiger partial charge in [0.25, 0.3) is 5.91 Å². The topological polar surface area (TPSA) is 71.2 Å². The highest BCUT2D eigenvalue weighted by molar-refractivity contribution is 5.99. The molecule has 1 aromatic heterocycles. The van der Waals surface area contributed by atoms with Gasteiger partial charge < -0.3 is 15.0 Å². The van der Waals surface area contributed by atoms with Gasteiger partial charge in [-0.15, -0.1) is 0 Å². The lowest BCUT2D eigenvalue weighted by molar-refractivity contribution is 0.0935. The summed E-state index contributed by atoms with van der Waals surface area (Å²) >= 11 is 0. The molecule has 0 aliphatic rings. The van der Waals surface area contributed by atoms with E-state index in [4.69, 9.17) is 4.74 Å². The number of amides is 1. The number of ketones is 1. The highest BCUT2D eigenvalue weighted by Crippen LogP contribution is 2.22. The van der Waals surface area contributed by atoms with Gasteiger partial charge in [0.2, 0.25) is 0 Å². The molecule has 0 aliphatic heterocycles.